The summed E-state index contributed by atoms with van der Waals surface area (Å²) in [5.74, 6) is -1.57. The first-order valence-corrected chi connectivity index (χ1v) is 8.91. The molecule has 1 aromatic heterocycles. The molecule has 0 radical (unpaired) electrons. The number of amides is 1. The van der Waals surface area contributed by atoms with Crippen LogP contribution in [0, 0.1) is 6.92 Å². The zero-order valence-electron chi connectivity index (χ0n) is 15.2. The van der Waals surface area contributed by atoms with E-state index in [-0.39, 0.29) is 11.3 Å². The van der Waals surface area contributed by atoms with E-state index in [2.05, 4.69) is 4.98 Å². The van der Waals surface area contributed by atoms with Crippen molar-refractivity contribution in [3.8, 4) is 0 Å². The van der Waals surface area contributed by atoms with Gasteiger partial charge in [0.1, 0.15) is 5.76 Å². The number of nitrogens with zero attached hydrogens (tertiary/aromatic N) is 2. The Morgan fingerprint density at radius 2 is 1.79 bits per heavy atom. The molecule has 1 fully saturated rings. The summed E-state index contributed by atoms with van der Waals surface area (Å²) in [6, 6.07) is 18.9. The van der Waals surface area contributed by atoms with Gasteiger partial charge in [0.15, 0.2) is 0 Å². The Balaban J connectivity index is 1.95. The first kappa shape index (κ1) is 17.7. The molecule has 0 bridgehead atoms. The van der Waals surface area contributed by atoms with Crippen LogP contribution in [0.1, 0.15) is 22.7 Å². The number of aryl methyl sites for hydroxylation is 1. The van der Waals surface area contributed by atoms with Gasteiger partial charge in [0.05, 0.1) is 11.6 Å². The van der Waals surface area contributed by atoms with Crippen LogP contribution in [0.3, 0.4) is 0 Å². The number of ketones is 1. The van der Waals surface area contributed by atoms with Crippen LogP contribution in [-0.2, 0) is 9.59 Å². The summed E-state index contributed by atoms with van der Waals surface area (Å²) >= 11 is 0. The van der Waals surface area contributed by atoms with Gasteiger partial charge < -0.3 is 5.11 Å². The first-order chi connectivity index (χ1) is 13.6. The summed E-state index contributed by atoms with van der Waals surface area (Å²) in [5.41, 5.74) is 2.76. The number of hydrogen-bond donors (Lipinski definition) is 1. The Bertz CT molecular complexity index is 1080. The molecule has 138 valence electrons. The molecule has 4 rings (SSSR count). The number of carbonyl (C=O) groups excluding carboxylic acids is 2. The fraction of sp³-hybridized carbons (Fsp3) is 0.0870. The highest BCUT2D eigenvalue weighted by atomic mass is 16.3. The van der Waals surface area contributed by atoms with Crippen molar-refractivity contribution < 1.29 is 14.7 Å². The minimum Gasteiger partial charge on any atom is -0.507 e. The molecule has 2 aromatic carbocycles. The molecule has 1 N–H and O–H groups in total. The van der Waals surface area contributed by atoms with E-state index in [9.17, 15) is 14.7 Å². The molecule has 0 spiro atoms. The second-order valence-corrected chi connectivity index (χ2v) is 6.66. The summed E-state index contributed by atoms with van der Waals surface area (Å²) in [6.07, 6.45) is 3.23. The van der Waals surface area contributed by atoms with Crippen LogP contribution >= 0.6 is 0 Å². The number of benzene rings is 2. The molecule has 5 heteroatoms. The van der Waals surface area contributed by atoms with Gasteiger partial charge in [-0.2, -0.15) is 0 Å². The van der Waals surface area contributed by atoms with E-state index in [4.69, 9.17) is 0 Å². The van der Waals surface area contributed by atoms with Gasteiger partial charge in [-0.25, -0.2) is 0 Å². The molecule has 1 saturated heterocycles. The van der Waals surface area contributed by atoms with Crippen molar-refractivity contribution in [2.24, 2.45) is 0 Å². The van der Waals surface area contributed by atoms with Crippen molar-refractivity contribution in [3.63, 3.8) is 0 Å². The Labute approximate surface area is 162 Å². The standard InChI is InChI=1S/C23H18N2O3/c1-15-7-5-11-18(13-15)25-20(17-10-6-12-24-14-17)19(22(27)23(25)28)21(26)16-8-3-2-4-9-16/h2-14,20,26H,1H3/b21-19+. The maximum Gasteiger partial charge on any atom is 0.300 e. The Morgan fingerprint density at radius 1 is 1.00 bits per heavy atom. The highest BCUT2D eigenvalue weighted by Gasteiger charge is 2.47. The number of rotatable bonds is 3. The fourth-order valence-electron chi connectivity index (χ4n) is 3.48. The van der Waals surface area contributed by atoms with Crippen molar-refractivity contribution in [2.45, 2.75) is 13.0 Å². The van der Waals surface area contributed by atoms with Gasteiger partial charge in [0, 0.05) is 23.6 Å². The third-order valence-corrected chi connectivity index (χ3v) is 4.77. The maximum absolute atomic E-state index is 13.0. The minimum absolute atomic E-state index is 0.0608. The van der Waals surface area contributed by atoms with E-state index >= 15 is 0 Å². The molecular weight excluding hydrogens is 352 g/mol. The second kappa shape index (κ2) is 7.12. The second-order valence-electron chi connectivity index (χ2n) is 6.66. The summed E-state index contributed by atoms with van der Waals surface area (Å²) in [5, 5.41) is 10.9. The molecule has 1 atom stereocenters. The average Bonchev–Trinajstić information content (AvgIpc) is 3.00. The van der Waals surface area contributed by atoms with E-state index in [1.54, 1.807) is 54.9 Å². The van der Waals surface area contributed by atoms with Gasteiger partial charge in [0.2, 0.25) is 0 Å². The lowest BCUT2D eigenvalue weighted by atomic mass is 9.96. The van der Waals surface area contributed by atoms with Gasteiger partial charge >= 0.3 is 0 Å². The van der Waals surface area contributed by atoms with Crippen LogP contribution in [0.15, 0.2) is 84.7 Å². The van der Waals surface area contributed by atoms with Crippen LogP contribution in [0.25, 0.3) is 5.76 Å². The normalized spacial score (nSPS) is 18.5. The Kier molecular flexibility index (Phi) is 4.49. The SMILES string of the molecule is Cc1cccc(N2C(=O)C(=O)/C(=C(/O)c3ccccc3)C2c2cccnc2)c1. The van der Waals surface area contributed by atoms with E-state index in [1.807, 2.05) is 31.2 Å². The van der Waals surface area contributed by atoms with Gasteiger partial charge in [-0.3, -0.25) is 19.5 Å². The summed E-state index contributed by atoms with van der Waals surface area (Å²) in [4.78, 5) is 31.5. The Hall–Kier alpha value is -3.73. The number of pyridine rings is 1. The molecular formula is C23H18N2O3. The molecule has 1 aliphatic heterocycles. The van der Waals surface area contributed by atoms with E-state index in [1.165, 1.54) is 4.90 Å². The van der Waals surface area contributed by atoms with Gasteiger partial charge in [-0.05, 0) is 36.2 Å². The summed E-state index contributed by atoms with van der Waals surface area (Å²) in [6.45, 7) is 1.92. The summed E-state index contributed by atoms with van der Waals surface area (Å²) in [7, 11) is 0. The van der Waals surface area contributed by atoms with E-state index in [0.717, 1.165) is 5.56 Å². The highest BCUT2D eigenvalue weighted by molar-refractivity contribution is 6.51. The number of aliphatic hydroxyl groups is 1. The number of aromatic nitrogens is 1. The molecule has 28 heavy (non-hydrogen) atoms. The number of hydrogen-bond acceptors (Lipinski definition) is 4. The van der Waals surface area contributed by atoms with Crippen molar-refractivity contribution in [3.05, 3.63) is 101 Å². The molecule has 1 amide bonds. The third-order valence-electron chi connectivity index (χ3n) is 4.77. The first-order valence-electron chi connectivity index (χ1n) is 8.91. The van der Waals surface area contributed by atoms with Crippen LogP contribution in [0.2, 0.25) is 0 Å². The number of carbonyl (C=O) groups is 2. The van der Waals surface area contributed by atoms with Crippen LogP contribution in [0.4, 0.5) is 5.69 Å². The lowest BCUT2D eigenvalue weighted by Crippen LogP contribution is -2.29. The van der Waals surface area contributed by atoms with Crippen LogP contribution < -0.4 is 4.90 Å². The number of anilines is 1. The Morgan fingerprint density at radius 3 is 2.46 bits per heavy atom. The smallest absolute Gasteiger partial charge is 0.300 e. The van der Waals surface area contributed by atoms with Crippen molar-refractivity contribution in [1.29, 1.82) is 0 Å². The van der Waals surface area contributed by atoms with Crippen molar-refractivity contribution in [2.75, 3.05) is 4.90 Å². The van der Waals surface area contributed by atoms with Gasteiger partial charge in [0.25, 0.3) is 11.7 Å². The quantitative estimate of drug-likeness (QED) is 0.429. The zero-order valence-corrected chi connectivity index (χ0v) is 15.2. The summed E-state index contributed by atoms with van der Waals surface area (Å²) < 4.78 is 0. The minimum atomic E-state index is -0.754. The van der Waals surface area contributed by atoms with E-state index in [0.29, 0.717) is 16.8 Å². The molecule has 0 saturated carbocycles. The maximum atomic E-state index is 13.0. The predicted molar refractivity (Wildman–Crippen MR) is 107 cm³/mol. The lowest BCUT2D eigenvalue weighted by molar-refractivity contribution is -0.132. The fourth-order valence-corrected chi connectivity index (χ4v) is 3.48. The molecule has 5 nitrogen and oxygen atoms in total. The van der Waals surface area contributed by atoms with E-state index < -0.39 is 17.7 Å². The van der Waals surface area contributed by atoms with Crippen molar-refractivity contribution in [1.82, 2.24) is 4.98 Å². The molecule has 2 heterocycles. The number of aliphatic hydroxyl groups excluding tert-OH is 1. The van der Waals surface area contributed by atoms with Crippen molar-refractivity contribution >= 4 is 23.1 Å². The zero-order chi connectivity index (χ0) is 19.7. The molecule has 3 aromatic rings. The largest absolute Gasteiger partial charge is 0.507 e. The number of Topliss-reactive ketones (excluding diaryl/α,β-unsaturated/α-hetero) is 1. The van der Waals surface area contributed by atoms with Gasteiger partial charge in [-0.15, -0.1) is 0 Å². The van der Waals surface area contributed by atoms with Gasteiger partial charge in [-0.1, -0.05) is 48.5 Å². The predicted octanol–water partition coefficient (Wildman–Crippen LogP) is 4.02. The highest BCUT2D eigenvalue weighted by Crippen LogP contribution is 2.41. The van der Waals surface area contributed by atoms with Crippen LogP contribution in [-0.4, -0.2) is 21.8 Å². The topological polar surface area (TPSA) is 70.5 Å². The van der Waals surface area contributed by atoms with Crippen LogP contribution in [0.5, 0.6) is 0 Å². The monoisotopic (exact) mass is 370 g/mol. The molecule has 1 aliphatic rings. The third kappa shape index (κ3) is 2.97. The lowest BCUT2D eigenvalue weighted by Gasteiger charge is -2.25. The molecule has 0 aliphatic carbocycles. The average molecular weight is 370 g/mol. The molecule has 1 unspecified atom stereocenters.